The zero-order valence-electron chi connectivity index (χ0n) is 10.3. The lowest BCUT2D eigenvalue weighted by molar-refractivity contribution is 0.177. The Balaban J connectivity index is 2.48. The van der Waals surface area contributed by atoms with E-state index >= 15 is 0 Å². The topological polar surface area (TPSA) is 64.9 Å². The van der Waals surface area contributed by atoms with Crippen LogP contribution >= 0.6 is 0 Å². The lowest BCUT2D eigenvalue weighted by Crippen LogP contribution is -2.20. The Hall–Kier alpha value is -1.01. The first-order valence-electron chi connectivity index (χ1n) is 5.76. The van der Waals surface area contributed by atoms with Crippen LogP contribution in [-0.4, -0.2) is 40.5 Å². The Morgan fingerprint density at radius 2 is 2.31 bits per heavy atom. The van der Waals surface area contributed by atoms with E-state index in [0.29, 0.717) is 0 Å². The van der Waals surface area contributed by atoms with Gasteiger partial charge in [0.05, 0.1) is 12.6 Å². The molecule has 0 bridgehead atoms. The monoisotopic (exact) mass is 227 g/mol. The molecule has 0 saturated heterocycles. The van der Waals surface area contributed by atoms with Crippen molar-refractivity contribution in [3.63, 3.8) is 0 Å². The van der Waals surface area contributed by atoms with Gasteiger partial charge in [-0.3, -0.25) is 0 Å². The van der Waals surface area contributed by atoms with E-state index in [1.807, 2.05) is 4.68 Å². The molecule has 1 aromatic rings. The maximum absolute atomic E-state index is 5.05. The zero-order chi connectivity index (χ0) is 11.8. The van der Waals surface area contributed by atoms with Crippen LogP contribution in [0.1, 0.15) is 38.6 Å². The molecule has 6 nitrogen and oxygen atoms in total. The van der Waals surface area contributed by atoms with Gasteiger partial charge in [0.1, 0.15) is 0 Å². The molecule has 0 fully saturated rings. The molecule has 92 valence electrons. The summed E-state index contributed by atoms with van der Waals surface area (Å²) in [4.78, 5) is 0. The predicted molar refractivity (Wildman–Crippen MR) is 61.0 cm³/mol. The number of hydrogen-bond acceptors (Lipinski definition) is 5. The highest BCUT2D eigenvalue weighted by atomic mass is 16.5. The van der Waals surface area contributed by atoms with Crippen molar-refractivity contribution in [2.75, 3.05) is 20.3 Å². The second-order valence-electron chi connectivity index (χ2n) is 3.85. The van der Waals surface area contributed by atoms with Gasteiger partial charge in [0.15, 0.2) is 5.82 Å². The Morgan fingerprint density at radius 1 is 1.50 bits per heavy atom. The van der Waals surface area contributed by atoms with E-state index in [0.717, 1.165) is 38.4 Å². The van der Waals surface area contributed by atoms with Crippen molar-refractivity contribution in [2.24, 2.45) is 0 Å². The van der Waals surface area contributed by atoms with E-state index < -0.39 is 0 Å². The molecule has 0 amide bonds. The predicted octanol–water partition coefficient (Wildman–Crippen LogP) is 0.770. The van der Waals surface area contributed by atoms with Crippen LogP contribution in [0.25, 0.3) is 0 Å². The van der Waals surface area contributed by atoms with Crippen LogP contribution in [0.2, 0.25) is 0 Å². The van der Waals surface area contributed by atoms with Crippen molar-refractivity contribution >= 4 is 0 Å². The number of nitrogens with one attached hydrogen (secondary N) is 1. The van der Waals surface area contributed by atoms with Crippen LogP contribution in [0.3, 0.4) is 0 Å². The molecule has 1 heterocycles. The summed E-state index contributed by atoms with van der Waals surface area (Å²) in [7, 11) is 1.70. The minimum atomic E-state index is 0.272. The van der Waals surface area contributed by atoms with Crippen molar-refractivity contribution in [3.8, 4) is 0 Å². The number of ether oxygens (including phenoxy) is 1. The zero-order valence-corrected chi connectivity index (χ0v) is 10.3. The van der Waals surface area contributed by atoms with E-state index in [-0.39, 0.29) is 6.04 Å². The van der Waals surface area contributed by atoms with Gasteiger partial charge < -0.3 is 10.1 Å². The fourth-order valence-corrected chi connectivity index (χ4v) is 1.46. The number of methoxy groups -OCH3 is 1. The minimum absolute atomic E-state index is 0.272. The molecular formula is C10H21N5O. The fourth-order valence-electron chi connectivity index (χ4n) is 1.46. The van der Waals surface area contributed by atoms with Crippen LogP contribution in [0.15, 0.2) is 0 Å². The highest BCUT2D eigenvalue weighted by molar-refractivity contribution is 4.82. The summed E-state index contributed by atoms with van der Waals surface area (Å²) in [6.45, 7) is 6.66. The molecule has 1 N–H and O–H groups in total. The SMILES string of the molecule is CCCNCc1nnnn1C(C)CCOC. The Kier molecular flexibility index (Phi) is 5.95. The molecule has 1 unspecified atom stereocenters. The first kappa shape index (κ1) is 13.1. The van der Waals surface area contributed by atoms with Crippen LogP contribution < -0.4 is 5.32 Å². The molecular weight excluding hydrogens is 206 g/mol. The standard InChI is InChI=1S/C10H21N5O/c1-4-6-11-8-10-12-13-14-15(10)9(2)5-7-16-3/h9,11H,4-8H2,1-3H3. The van der Waals surface area contributed by atoms with E-state index in [1.165, 1.54) is 0 Å². The second kappa shape index (κ2) is 7.29. The summed E-state index contributed by atoms with van der Waals surface area (Å²) in [5, 5.41) is 15.0. The van der Waals surface area contributed by atoms with Gasteiger partial charge in [0.2, 0.25) is 0 Å². The van der Waals surface area contributed by atoms with Gasteiger partial charge in [-0.1, -0.05) is 6.92 Å². The quantitative estimate of drug-likeness (QED) is 0.665. The van der Waals surface area contributed by atoms with Crippen molar-refractivity contribution in [3.05, 3.63) is 5.82 Å². The fraction of sp³-hybridized carbons (Fsp3) is 0.900. The summed E-state index contributed by atoms with van der Waals surface area (Å²) in [5.41, 5.74) is 0. The molecule has 6 heteroatoms. The first-order chi connectivity index (χ1) is 7.79. The molecule has 0 spiro atoms. The molecule has 0 aromatic carbocycles. The molecule has 0 aliphatic rings. The van der Waals surface area contributed by atoms with Crippen molar-refractivity contribution < 1.29 is 4.74 Å². The van der Waals surface area contributed by atoms with Crippen LogP contribution in [-0.2, 0) is 11.3 Å². The lowest BCUT2D eigenvalue weighted by Gasteiger charge is -2.12. The van der Waals surface area contributed by atoms with Gasteiger partial charge >= 0.3 is 0 Å². The first-order valence-corrected chi connectivity index (χ1v) is 5.76. The van der Waals surface area contributed by atoms with Gasteiger partial charge in [0, 0.05) is 13.7 Å². The normalized spacial score (nSPS) is 12.9. The Bertz CT molecular complexity index is 288. The van der Waals surface area contributed by atoms with Crippen molar-refractivity contribution in [2.45, 2.75) is 39.3 Å². The van der Waals surface area contributed by atoms with E-state index in [4.69, 9.17) is 4.74 Å². The van der Waals surface area contributed by atoms with Gasteiger partial charge in [-0.25, -0.2) is 4.68 Å². The molecule has 0 aliphatic carbocycles. The average molecular weight is 227 g/mol. The van der Waals surface area contributed by atoms with Crippen LogP contribution in [0.4, 0.5) is 0 Å². The molecule has 1 atom stereocenters. The third-order valence-corrected chi connectivity index (χ3v) is 2.43. The minimum Gasteiger partial charge on any atom is -0.385 e. The van der Waals surface area contributed by atoms with E-state index in [2.05, 4.69) is 34.7 Å². The number of hydrogen-bond donors (Lipinski definition) is 1. The molecule has 16 heavy (non-hydrogen) atoms. The summed E-state index contributed by atoms with van der Waals surface area (Å²) in [6, 6.07) is 0.272. The average Bonchev–Trinajstić information content (AvgIpc) is 2.74. The maximum atomic E-state index is 5.05. The molecule has 0 aliphatic heterocycles. The smallest absolute Gasteiger partial charge is 0.165 e. The lowest BCUT2D eigenvalue weighted by atomic mass is 10.2. The maximum Gasteiger partial charge on any atom is 0.165 e. The highest BCUT2D eigenvalue weighted by Crippen LogP contribution is 2.10. The summed E-state index contributed by atoms with van der Waals surface area (Å²) in [5.74, 6) is 0.886. The van der Waals surface area contributed by atoms with Crippen LogP contribution in [0, 0.1) is 0 Å². The molecule has 0 radical (unpaired) electrons. The Labute approximate surface area is 96.4 Å². The van der Waals surface area contributed by atoms with E-state index in [1.54, 1.807) is 7.11 Å². The Morgan fingerprint density at radius 3 is 3.00 bits per heavy atom. The van der Waals surface area contributed by atoms with Crippen molar-refractivity contribution in [1.29, 1.82) is 0 Å². The molecule has 1 rings (SSSR count). The van der Waals surface area contributed by atoms with Gasteiger partial charge in [0.25, 0.3) is 0 Å². The molecule has 1 aromatic heterocycles. The van der Waals surface area contributed by atoms with Gasteiger partial charge in [-0.05, 0) is 36.7 Å². The third kappa shape index (κ3) is 3.86. The van der Waals surface area contributed by atoms with Gasteiger partial charge in [-0.2, -0.15) is 0 Å². The third-order valence-electron chi connectivity index (χ3n) is 2.43. The van der Waals surface area contributed by atoms with Crippen LogP contribution in [0.5, 0.6) is 0 Å². The summed E-state index contributed by atoms with van der Waals surface area (Å²) < 4.78 is 6.91. The summed E-state index contributed by atoms with van der Waals surface area (Å²) in [6.07, 6.45) is 2.03. The number of rotatable bonds is 8. The summed E-state index contributed by atoms with van der Waals surface area (Å²) >= 11 is 0. The number of aromatic nitrogens is 4. The largest absolute Gasteiger partial charge is 0.385 e. The molecule has 0 saturated carbocycles. The van der Waals surface area contributed by atoms with E-state index in [9.17, 15) is 0 Å². The van der Waals surface area contributed by atoms with Crippen molar-refractivity contribution in [1.82, 2.24) is 25.5 Å². The highest BCUT2D eigenvalue weighted by Gasteiger charge is 2.11. The number of nitrogens with zero attached hydrogens (tertiary/aromatic N) is 4. The number of tetrazole rings is 1. The second-order valence-corrected chi connectivity index (χ2v) is 3.85. The van der Waals surface area contributed by atoms with Gasteiger partial charge in [-0.15, -0.1) is 5.10 Å².